The third-order valence-electron chi connectivity index (χ3n) is 3.36. The summed E-state index contributed by atoms with van der Waals surface area (Å²) in [6.45, 7) is 7.51. The normalized spacial score (nSPS) is 15.3. The number of rotatable bonds is 4. The van der Waals surface area contributed by atoms with Gasteiger partial charge in [0.2, 0.25) is 0 Å². The van der Waals surface area contributed by atoms with Crippen molar-refractivity contribution in [2.24, 2.45) is 0 Å². The van der Waals surface area contributed by atoms with Crippen molar-refractivity contribution in [3.63, 3.8) is 0 Å². The third-order valence-corrected chi connectivity index (χ3v) is 3.36. The van der Waals surface area contributed by atoms with Crippen LogP contribution in [0.1, 0.15) is 12.5 Å². The number of hydrogen-bond acceptors (Lipinski definition) is 4. The Kier molecular flexibility index (Phi) is 6.24. The third kappa shape index (κ3) is 4.88. The lowest BCUT2D eigenvalue weighted by Gasteiger charge is -2.26. The Morgan fingerprint density at radius 3 is 2.81 bits per heavy atom. The maximum absolute atomic E-state index is 9.18. The number of ether oxygens (including phenoxy) is 2. The lowest BCUT2D eigenvalue weighted by Crippen LogP contribution is -2.35. The molecule has 1 N–H and O–H groups in total. The fraction of sp³-hybridized carbons (Fsp3) is 0.438. The standard InChI is InChI=1S/C13H16N2O.C3H6O2/c1-2-12-3-4-14-13(12)9-11(1)10-15-5-7-16-8-6-15;1-2-5-3-4/h1-4,9,14H,5-8,10H2;3H,2H2,1H3. The van der Waals surface area contributed by atoms with E-state index in [1.165, 1.54) is 16.5 Å². The second-order valence-electron chi connectivity index (χ2n) is 4.84. The van der Waals surface area contributed by atoms with E-state index in [-0.39, 0.29) is 0 Å². The van der Waals surface area contributed by atoms with Crippen LogP contribution < -0.4 is 0 Å². The first-order chi connectivity index (χ1) is 10.3. The monoisotopic (exact) mass is 290 g/mol. The molecule has 1 aliphatic heterocycles. The smallest absolute Gasteiger partial charge is 0.293 e. The molecule has 0 radical (unpaired) electrons. The molecule has 1 aromatic heterocycles. The lowest BCUT2D eigenvalue weighted by atomic mass is 10.1. The molecule has 1 aliphatic rings. The van der Waals surface area contributed by atoms with Crippen LogP contribution in [0.5, 0.6) is 0 Å². The second-order valence-corrected chi connectivity index (χ2v) is 4.84. The van der Waals surface area contributed by atoms with E-state index in [9.17, 15) is 4.79 Å². The molecule has 0 saturated carbocycles. The van der Waals surface area contributed by atoms with Crippen molar-refractivity contribution >= 4 is 17.4 Å². The van der Waals surface area contributed by atoms with Gasteiger partial charge in [0.1, 0.15) is 0 Å². The van der Waals surface area contributed by atoms with Gasteiger partial charge in [-0.15, -0.1) is 0 Å². The van der Waals surface area contributed by atoms with Crippen molar-refractivity contribution in [1.82, 2.24) is 9.88 Å². The first-order valence-corrected chi connectivity index (χ1v) is 7.25. The largest absolute Gasteiger partial charge is 0.468 e. The summed E-state index contributed by atoms with van der Waals surface area (Å²) >= 11 is 0. The van der Waals surface area contributed by atoms with Crippen molar-refractivity contribution in [2.45, 2.75) is 13.5 Å². The highest BCUT2D eigenvalue weighted by Crippen LogP contribution is 2.15. The highest BCUT2D eigenvalue weighted by molar-refractivity contribution is 5.79. The molecule has 0 spiro atoms. The van der Waals surface area contributed by atoms with E-state index in [1.54, 1.807) is 6.92 Å². The quantitative estimate of drug-likeness (QED) is 0.877. The summed E-state index contributed by atoms with van der Waals surface area (Å²) < 4.78 is 9.50. The van der Waals surface area contributed by atoms with Crippen LogP contribution in [0.15, 0.2) is 30.5 Å². The van der Waals surface area contributed by atoms with Crippen LogP contribution in [0.3, 0.4) is 0 Å². The van der Waals surface area contributed by atoms with E-state index < -0.39 is 0 Å². The van der Waals surface area contributed by atoms with E-state index >= 15 is 0 Å². The fourth-order valence-corrected chi connectivity index (χ4v) is 2.28. The van der Waals surface area contributed by atoms with Gasteiger partial charge in [-0.05, 0) is 30.0 Å². The molecule has 0 unspecified atom stereocenters. The molecule has 1 fully saturated rings. The number of carbonyl (C=O) groups excluding carboxylic acids is 1. The zero-order chi connectivity index (χ0) is 14.9. The molecule has 2 aromatic rings. The summed E-state index contributed by atoms with van der Waals surface area (Å²) in [5, 5.41) is 1.28. The van der Waals surface area contributed by atoms with Crippen LogP contribution >= 0.6 is 0 Å². The molecule has 2 heterocycles. The second kappa shape index (κ2) is 8.44. The molecule has 1 aromatic carbocycles. The number of nitrogens with zero attached hydrogens (tertiary/aromatic N) is 1. The zero-order valence-electron chi connectivity index (χ0n) is 12.4. The SMILES string of the molecule is CCOC=O.c1cc2ccc(CN3CCOCC3)cc2[nH]1. The van der Waals surface area contributed by atoms with E-state index in [0.29, 0.717) is 13.1 Å². The molecule has 0 bridgehead atoms. The number of nitrogens with one attached hydrogen (secondary N) is 1. The van der Waals surface area contributed by atoms with Crippen molar-refractivity contribution in [2.75, 3.05) is 32.9 Å². The predicted octanol–water partition coefficient (Wildman–Crippen LogP) is 2.18. The Labute approximate surface area is 124 Å². The highest BCUT2D eigenvalue weighted by atomic mass is 16.5. The number of hydrogen-bond donors (Lipinski definition) is 1. The van der Waals surface area contributed by atoms with Crippen molar-refractivity contribution < 1.29 is 14.3 Å². The van der Waals surface area contributed by atoms with E-state index in [4.69, 9.17) is 4.74 Å². The molecule has 3 rings (SSSR count). The summed E-state index contributed by atoms with van der Waals surface area (Å²) in [5.74, 6) is 0. The number of fused-ring (bicyclic) bond motifs is 1. The van der Waals surface area contributed by atoms with Crippen LogP contribution in [0.25, 0.3) is 10.9 Å². The maximum Gasteiger partial charge on any atom is 0.293 e. The van der Waals surface area contributed by atoms with E-state index in [1.807, 2.05) is 6.20 Å². The number of aromatic nitrogens is 1. The summed E-state index contributed by atoms with van der Waals surface area (Å²) in [6.07, 6.45) is 1.99. The predicted molar refractivity (Wildman–Crippen MR) is 82.1 cm³/mol. The molecular weight excluding hydrogens is 268 g/mol. The van der Waals surface area contributed by atoms with Crippen LogP contribution in [0.4, 0.5) is 0 Å². The van der Waals surface area contributed by atoms with Gasteiger partial charge < -0.3 is 14.5 Å². The Hall–Kier alpha value is -1.85. The summed E-state index contributed by atoms with van der Waals surface area (Å²) in [7, 11) is 0. The molecular formula is C16H22N2O3. The van der Waals surface area contributed by atoms with Gasteiger partial charge in [0, 0.05) is 31.3 Å². The molecule has 5 heteroatoms. The van der Waals surface area contributed by atoms with Gasteiger partial charge in [0.25, 0.3) is 6.47 Å². The topological polar surface area (TPSA) is 54.6 Å². The molecule has 0 atom stereocenters. The highest BCUT2D eigenvalue weighted by Gasteiger charge is 2.10. The summed E-state index contributed by atoms with van der Waals surface area (Å²) in [6, 6.07) is 8.74. The van der Waals surface area contributed by atoms with Crippen molar-refractivity contribution in [3.05, 3.63) is 36.0 Å². The zero-order valence-corrected chi connectivity index (χ0v) is 12.4. The number of benzene rings is 1. The number of H-pyrrole nitrogens is 1. The number of morpholine rings is 1. The number of aromatic amines is 1. The summed E-state index contributed by atoms with van der Waals surface area (Å²) in [5.41, 5.74) is 2.60. The average molecular weight is 290 g/mol. The molecule has 0 aliphatic carbocycles. The van der Waals surface area contributed by atoms with Crippen LogP contribution in [-0.2, 0) is 20.8 Å². The molecule has 1 saturated heterocycles. The minimum absolute atomic E-state index is 0.431. The maximum atomic E-state index is 9.18. The van der Waals surface area contributed by atoms with Gasteiger partial charge in [0.15, 0.2) is 0 Å². The van der Waals surface area contributed by atoms with Crippen molar-refractivity contribution in [1.29, 1.82) is 0 Å². The minimum Gasteiger partial charge on any atom is -0.468 e. The molecule has 0 amide bonds. The van der Waals surface area contributed by atoms with Gasteiger partial charge in [-0.1, -0.05) is 12.1 Å². The average Bonchev–Trinajstić information content (AvgIpc) is 2.97. The minimum atomic E-state index is 0.431. The summed E-state index contributed by atoms with van der Waals surface area (Å²) in [4.78, 5) is 14.9. The Balaban J connectivity index is 0.000000282. The first kappa shape index (κ1) is 15.5. The Morgan fingerprint density at radius 1 is 1.33 bits per heavy atom. The van der Waals surface area contributed by atoms with Gasteiger partial charge in [0.05, 0.1) is 19.8 Å². The van der Waals surface area contributed by atoms with Gasteiger partial charge in [-0.3, -0.25) is 9.69 Å². The van der Waals surface area contributed by atoms with Gasteiger partial charge in [-0.2, -0.15) is 0 Å². The van der Waals surface area contributed by atoms with Crippen molar-refractivity contribution in [3.8, 4) is 0 Å². The Bertz CT molecular complexity index is 547. The Morgan fingerprint density at radius 2 is 2.14 bits per heavy atom. The number of carbonyl (C=O) groups is 1. The van der Waals surface area contributed by atoms with Gasteiger partial charge >= 0.3 is 0 Å². The fourth-order valence-electron chi connectivity index (χ4n) is 2.28. The van der Waals surface area contributed by atoms with Gasteiger partial charge in [-0.25, -0.2) is 0 Å². The first-order valence-electron chi connectivity index (χ1n) is 7.25. The van der Waals surface area contributed by atoms with Crippen LogP contribution in [0, 0.1) is 0 Å². The van der Waals surface area contributed by atoms with E-state index in [2.05, 4.69) is 38.9 Å². The lowest BCUT2D eigenvalue weighted by molar-refractivity contribution is -0.128. The molecule has 21 heavy (non-hydrogen) atoms. The van der Waals surface area contributed by atoms with E-state index in [0.717, 1.165) is 32.8 Å². The molecule has 114 valence electrons. The molecule has 5 nitrogen and oxygen atoms in total. The van der Waals surface area contributed by atoms with Crippen LogP contribution in [-0.4, -0.2) is 49.3 Å². The van der Waals surface area contributed by atoms with Crippen LogP contribution in [0.2, 0.25) is 0 Å².